The van der Waals surface area contributed by atoms with Gasteiger partial charge in [-0.25, -0.2) is 4.39 Å². The van der Waals surface area contributed by atoms with Crippen LogP contribution in [0.4, 0.5) is 4.39 Å². The van der Waals surface area contributed by atoms with Gasteiger partial charge in [-0.15, -0.1) is 0 Å². The lowest BCUT2D eigenvalue weighted by Crippen LogP contribution is -2.29. The minimum absolute atomic E-state index is 0.133. The van der Waals surface area contributed by atoms with Gasteiger partial charge >= 0.3 is 0 Å². The van der Waals surface area contributed by atoms with Gasteiger partial charge in [0.2, 0.25) is 0 Å². The monoisotopic (exact) mass is 273 g/mol. The Morgan fingerprint density at radius 2 is 2.11 bits per heavy atom. The van der Waals surface area contributed by atoms with Gasteiger partial charge in [-0.3, -0.25) is 0 Å². The van der Waals surface area contributed by atoms with Crippen LogP contribution in [-0.2, 0) is 6.54 Å². The molecule has 4 heteroatoms. The van der Waals surface area contributed by atoms with Crippen molar-refractivity contribution < 1.29 is 9.50 Å². The molecule has 0 fully saturated rings. The van der Waals surface area contributed by atoms with Gasteiger partial charge in [0.05, 0.1) is 5.02 Å². The Morgan fingerprint density at radius 1 is 1.39 bits per heavy atom. The molecule has 0 aromatic heterocycles. The van der Waals surface area contributed by atoms with Crippen LogP contribution in [-0.4, -0.2) is 18.3 Å². The van der Waals surface area contributed by atoms with Crippen molar-refractivity contribution in [2.75, 3.05) is 13.2 Å². The third kappa shape index (κ3) is 5.34. The summed E-state index contributed by atoms with van der Waals surface area (Å²) in [5.74, 6) is -0.379. The third-order valence-corrected chi connectivity index (χ3v) is 3.23. The van der Waals surface area contributed by atoms with Crippen molar-refractivity contribution in [2.45, 2.75) is 33.2 Å². The normalized spacial score (nSPS) is 11.8. The summed E-state index contributed by atoms with van der Waals surface area (Å²) in [5.41, 5.74) is 1.02. The first kappa shape index (κ1) is 15.4. The summed E-state index contributed by atoms with van der Waals surface area (Å²) in [7, 11) is 0. The predicted octanol–water partition coefficient (Wildman–Crippen LogP) is 3.37. The molecule has 1 aromatic carbocycles. The first-order valence-corrected chi connectivity index (χ1v) is 6.58. The molecule has 0 aliphatic rings. The summed E-state index contributed by atoms with van der Waals surface area (Å²) in [4.78, 5) is 0. The molecule has 2 nitrogen and oxygen atoms in total. The first-order chi connectivity index (χ1) is 8.44. The number of rotatable bonds is 7. The van der Waals surface area contributed by atoms with Crippen molar-refractivity contribution >= 4 is 11.6 Å². The molecule has 0 bridgehead atoms. The van der Waals surface area contributed by atoms with Crippen LogP contribution in [0, 0.1) is 11.2 Å². The zero-order chi connectivity index (χ0) is 13.6. The van der Waals surface area contributed by atoms with Crippen LogP contribution in [0.1, 0.15) is 32.3 Å². The number of nitrogens with one attached hydrogen (secondary N) is 1. The smallest absolute Gasteiger partial charge is 0.142 e. The lowest BCUT2D eigenvalue weighted by Gasteiger charge is -2.24. The van der Waals surface area contributed by atoms with Gasteiger partial charge in [0, 0.05) is 19.7 Å². The lowest BCUT2D eigenvalue weighted by molar-refractivity contribution is 0.236. The maximum atomic E-state index is 13.2. The van der Waals surface area contributed by atoms with Crippen molar-refractivity contribution in [3.8, 4) is 0 Å². The molecule has 0 heterocycles. The van der Waals surface area contributed by atoms with E-state index in [-0.39, 0.29) is 22.9 Å². The van der Waals surface area contributed by atoms with Crippen molar-refractivity contribution in [1.82, 2.24) is 5.32 Å². The van der Waals surface area contributed by atoms with Crippen LogP contribution < -0.4 is 5.32 Å². The van der Waals surface area contributed by atoms with Gasteiger partial charge in [0.1, 0.15) is 5.82 Å². The van der Waals surface area contributed by atoms with E-state index in [4.69, 9.17) is 16.7 Å². The highest BCUT2D eigenvalue weighted by molar-refractivity contribution is 6.30. The number of aliphatic hydroxyl groups is 1. The standard InChI is InChI=1S/C14H21ClFNO/c1-14(2,6-3-7-18)10-17-9-11-4-5-12(15)13(16)8-11/h4-5,8,17-18H,3,6-7,9-10H2,1-2H3. The van der Waals surface area contributed by atoms with Gasteiger partial charge in [-0.2, -0.15) is 0 Å². The third-order valence-electron chi connectivity index (χ3n) is 2.93. The van der Waals surface area contributed by atoms with E-state index >= 15 is 0 Å². The van der Waals surface area contributed by atoms with Gasteiger partial charge in [0.15, 0.2) is 0 Å². The molecule has 0 saturated heterocycles. The highest BCUT2D eigenvalue weighted by atomic mass is 35.5. The van der Waals surface area contributed by atoms with Crippen molar-refractivity contribution in [2.24, 2.45) is 5.41 Å². The Hall–Kier alpha value is -0.640. The summed E-state index contributed by atoms with van der Waals surface area (Å²) in [6, 6.07) is 4.85. The summed E-state index contributed by atoms with van der Waals surface area (Å²) >= 11 is 5.63. The molecule has 1 aromatic rings. The SMILES string of the molecule is CC(C)(CCCO)CNCc1ccc(Cl)c(F)c1. The second-order valence-corrected chi connectivity index (χ2v) is 5.75. The predicted molar refractivity (Wildman–Crippen MR) is 73.2 cm³/mol. The molecular weight excluding hydrogens is 253 g/mol. The highest BCUT2D eigenvalue weighted by Crippen LogP contribution is 2.21. The second kappa shape index (κ2) is 7.07. The highest BCUT2D eigenvalue weighted by Gasteiger charge is 2.16. The second-order valence-electron chi connectivity index (χ2n) is 5.34. The van der Waals surface area contributed by atoms with Crippen molar-refractivity contribution in [3.63, 3.8) is 0 Å². The molecule has 0 saturated carbocycles. The fourth-order valence-corrected chi connectivity index (χ4v) is 1.96. The van der Waals surface area contributed by atoms with Crippen molar-refractivity contribution in [1.29, 1.82) is 0 Å². The zero-order valence-electron chi connectivity index (χ0n) is 11.0. The molecular formula is C14H21ClFNO. The number of hydrogen-bond acceptors (Lipinski definition) is 2. The van der Waals surface area contributed by atoms with Crippen LogP contribution >= 0.6 is 11.6 Å². The molecule has 1 rings (SSSR count). The van der Waals surface area contributed by atoms with E-state index < -0.39 is 0 Å². The number of benzene rings is 1. The van der Waals surface area contributed by atoms with E-state index in [1.54, 1.807) is 6.07 Å². The average Bonchev–Trinajstić information content (AvgIpc) is 2.31. The average molecular weight is 274 g/mol. The summed E-state index contributed by atoms with van der Waals surface area (Å²) in [5, 5.41) is 12.3. The Kier molecular flexibility index (Phi) is 6.06. The summed E-state index contributed by atoms with van der Waals surface area (Å²) in [6.45, 7) is 5.98. The van der Waals surface area contributed by atoms with Crippen molar-refractivity contribution in [3.05, 3.63) is 34.6 Å². The maximum absolute atomic E-state index is 13.2. The lowest BCUT2D eigenvalue weighted by atomic mass is 9.88. The van der Waals surface area contributed by atoms with Crippen LogP contribution in [0.3, 0.4) is 0 Å². The zero-order valence-corrected chi connectivity index (χ0v) is 11.7. The largest absolute Gasteiger partial charge is 0.396 e. The molecule has 0 unspecified atom stereocenters. The quantitative estimate of drug-likeness (QED) is 0.798. The Bertz CT molecular complexity index is 382. The van der Waals surface area contributed by atoms with E-state index in [0.29, 0.717) is 6.54 Å². The maximum Gasteiger partial charge on any atom is 0.142 e. The Morgan fingerprint density at radius 3 is 2.72 bits per heavy atom. The fraction of sp³-hybridized carbons (Fsp3) is 0.571. The first-order valence-electron chi connectivity index (χ1n) is 6.20. The van der Waals surface area contributed by atoms with Crippen LogP contribution in [0.25, 0.3) is 0 Å². The van der Waals surface area contributed by atoms with E-state index in [1.807, 2.05) is 6.07 Å². The molecule has 0 amide bonds. The summed E-state index contributed by atoms with van der Waals surface area (Å²) in [6.07, 6.45) is 1.77. The molecule has 0 spiro atoms. The molecule has 102 valence electrons. The van der Waals surface area contributed by atoms with Gasteiger partial charge in [0.25, 0.3) is 0 Å². The van der Waals surface area contributed by atoms with E-state index in [9.17, 15) is 4.39 Å². The topological polar surface area (TPSA) is 32.3 Å². The Labute approximate surface area is 113 Å². The van der Waals surface area contributed by atoms with Gasteiger partial charge < -0.3 is 10.4 Å². The number of halogens is 2. The van der Waals surface area contributed by atoms with E-state index in [1.165, 1.54) is 6.07 Å². The molecule has 18 heavy (non-hydrogen) atoms. The van der Waals surface area contributed by atoms with E-state index in [2.05, 4.69) is 19.2 Å². The van der Waals surface area contributed by atoms with Gasteiger partial charge in [-0.05, 0) is 36.0 Å². The molecule has 0 aliphatic carbocycles. The minimum atomic E-state index is -0.379. The van der Waals surface area contributed by atoms with Crippen LogP contribution in [0.2, 0.25) is 5.02 Å². The Balaban J connectivity index is 2.39. The molecule has 2 N–H and O–H groups in total. The molecule has 0 atom stereocenters. The molecule has 0 aliphatic heterocycles. The van der Waals surface area contributed by atoms with E-state index in [0.717, 1.165) is 24.9 Å². The molecule has 0 radical (unpaired) electrons. The fourth-order valence-electron chi connectivity index (χ4n) is 1.84. The van der Waals surface area contributed by atoms with Crippen LogP contribution in [0.15, 0.2) is 18.2 Å². The summed E-state index contributed by atoms with van der Waals surface area (Å²) < 4.78 is 13.2. The number of hydrogen-bond donors (Lipinski definition) is 2. The van der Waals surface area contributed by atoms with Crippen LogP contribution in [0.5, 0.6) is 0 Å². The number of aliphatic hydroxyl groups excluding tert-OH is 1. The minimum Gasteiger partial charge on any atom is -0.396 e. The van der Waals surface area contributed by atoms with Gasteiger partial charge in [-0.1, -0.05) is 31.5 Å².